The number of aromatic amines is 1. The second-order valence-corrected chi connectivity index (χ2v) is 5.66. The summed E-state index contributed by atoms with van der Waals surface area (Å²) in [4.78, 5) is 5.59. The van der Waals surface area contributed by atoms with Gasteiger partial charge in [0.2, 0.25) is 0 Å². The number of benzene rings is 1. The maximum atomic E-state index is 9.69. The lowest BCUT2D eigenvalue weighted by Gasteiger charge is -2.38. The first-order valence-electron chi connectivity index (χ1n) is 7.15. The molecule has 3 rings (SSSR count). The summed E-state index contributed by atoms with van der Waals surface area (Å²) in [5.41, 5.74) is 1.93. The van der Waals surface area contributed by atoms with Gasteiger partial charge >= 0.3 is 0 Å². The molecule has 2 heterocycles. The Bertz CT molecular complexity index is 633. The number of nitrogens with one attached hydrogen (secondary N) is 2. The van der Waals surface area contributed by atoms with Crippen molar-refractivity contribution in [3.05, 3.63) is 36.0 Å². The largest absolute Gasteiger partial charge is 0.361 e. The first-order valence-corrected chi connectivity index (χ1v) is 7.15. The van der Waals surface area contributed by atoms with Gasteiger partial charge in [0.05, 0.1) is 6.07 Å². The average molecular weight is 268 g/mol. The van der Waals surface area contributed by atoms with Crippen molar-refractivity contribution in [3.63, 3.8) is 0 Å². The number of aromatic nitrogens is 1. The van der Waals surface area contributed by atoms with Crippen LogP contribution in [0.15, 0.2) is 30.5 Å². The van der Waals surface area contributed by atoms with E-state index in [0.29, 0.717) is 0 Å². The normalized spacial score (nSPS) is 19.6. The molecule has 1 saturated heterocycles. The standard InChI is InChI=1S/C16H20N4/c1-16(12-17,20-8-6-18-7-9-20)10-13-11-19-15-5-3-2-4-14(13)15/h2-5,11,18-19H,6-10H2,1H3. The molecule has 0 aliphatic carbocycles. The quantitative estimate of drug-likeness (QED) is 0.894. The lowest BCUT2D eigenvalue weighted by molar-refractivity contribution is 0.133. The lowest BCUT2D eigenvalue weighted by Crippen LogP contribution is -2.55. The van der Waals surface area contributed by atoms with Crippen LogP contribution in [0.5, 0.6) is 0 Å². The highest BCUT2D eigenvalue weighted by Gasteiger charge is 2.33. The van der Waals surface area contributed by atoms with Crippen LogP contribution in [0.1, 0.15) is 12.5 Å². The molecule has 1 fully saturated rings. The topological polar surface area (TPSA) is 54.9 Å². The number of hydrogen-bond acceptors (Lipinski definition) is 3. The van der Waals surface area contributed by atoms with E-state index in [2.05, 4.69) is 40.3 Å². The van der Waals surface area contributed by atoms with Crippen LogP contribution in [0.2, 0.25) is 0 Å². The Labute approximate surface area is 119 Å². The Kier molecular flexibility index (Phi) is 3.47. The van der Waals surface area contributed by atoms with E-state index in [-0.39, 0.29) is 0 Å². The minimum absolute atomic E-state index is 0.437. The van der Waals surface area contributed by atoms with Crippen molar-refractivity contribution in [2.45, 2.75) is 18.9 Å². The fraction of sp³-hybridized carbons (Fsp3) is 0.438. The predicted molar refractivity (Wildman–Crippen MR) is 80.5 cm³/mol. The van der Waals surface area contributed by atoms with Crippen LogP contribution < -0.4 is 5.32 Å². The molecule has 1 aromatic heterocycles. The molecule has 0 radical (unpaired) electrons. The van der Waals surface area contributed by atoms with Gasteiger partial charge in [-0.1, -0.05) is 18.2 Å². The summed E-state index contributed by atoms with van der Waals surface area (Å²) in [6.45, 7) is 5.86. The van der Waals surface area contributed by atoms with Gasteiger partial charge in [-0.25, -0.2) is 0 Å². The molecule has 1 aliphatic rings. The van der Waals surface area contributed by atoms with Crippen LogP contribution in [-0.2, 0) is 6.42 Å². The van der Waals surface area contributed by atoms with Gasteiger partial charge in [0.15, 0.2) is 0 Å². The molecule has 4 heteroatoms. The Hall–Kier alpha value is -1.83. The van der Waals surface area contributed by atoms with E-state index in [4.69, 9.17) is 0 Å². The number of piperazine rings is 1. The summed E-state index contributed by atoms with van der Waals surface area (Å²) >= 11 is 0. The molecule has 0 spiro atoms. The highest BCUT2D eigenvalue weighted by Crippen LogP contribution is 2.26. The fourth-order valence-corrected chi connectivity index (χ4v) is 3.03. The summed E-state index contributed by atoms with van der Waals surface area (Å²) in [7, 11) is 0. The van der Waals surface area contributed by atoms with Crippen LogP contribution in [0.4, 0.5) is 0 Å². The van der Waals surface area contributed by atoms with E-state index in [0.717, 1.165) is 38.1 Å². The van der Waals surface area contributed by atoms with Gasteiger partial charge in [-0.2, -0.15) is 5.26 Å². The van der Waals surface area contributed by atoms with Crippen LogP contribution in [-0.4, -0.2) is 41.6 Å². The van der Waals surface area contributed by atoms with Crippen LogP contribution in [0, 0.1) is 11.3 Å². The summed E-state index contributed by atoms with van der Waals surface area (Å²) < 4.78 is 0. The molecule has 1 unspecified atom stereocenters. The van der Waals surface area contributed by atoms with E-state index in [1.165, 1.54) is 10.9 Å². The molecule has 20 heavy (non-hydrogen) atoms. The third kappa shape index (κ3) is 2.31. The molecule has 104 valence electrons. The molecular weight excluding hydrogens is 248 g/mol. The maximum absolute atomic E-state index is 9.69. The van der Waals surface area contributed by atoms with Gasteiger partial charge in [-0.3, -0.25) is 4.90 Å². The number of hydrogen-bond donors (Lipinski definition) is 2. The zero-order chi connectivity index (χ0) is 14.0. The van der Waals surface area contributed by atoms with Crippen molar-refractivity contribution in [2.75, 3.05) is 26.2 Å². The van der Waals surface area contributed by atoms with Gasteiger partial charge in [0.25, 0.3) is 0 Å². The van der Waals surface area contributed by atoms with Crippen molar-refractivity contribution in [3.8, 4) is 6.07 Å². The number of para-hydroxylation sites is 1. The number of rotatable bonds is 3. The molecule has 0 bridgehead atoms. The Morgan fingerprint density at radius 1 is 1.30 bits per heavy atom. The second-order valence-electron chi connectivity index (χ2n) is 5.66. The lowest BCUT2D eigenvalue weighted by atomic mass is 9.91. The molecule has 1 aromatic carbocycles. The second kappa shape index (κ2) is 5.28. The van der Waals surface area contributed by atoms with Crippen molar-refractivity contribution >= 4 is 10.9 Å². The first kappa shape index (κ1) is 13.2. The number of nitrogens with zero attached hydrogens (tertiary/aromatic N) is 2. The van der Waals surface area contributed by atoms with Crippen molar-refractivity contribution in [1.29, 1.82) is 5.26 Å². The SMILES string of the molecule is CC(C#N)(Cc1c[nH]c2ccccc12)N1CCNCC1. The molecule has 1 atom stereocenters. The minimum Gasteiger partial charge on any atom is -0.361 e. The third-order valence-electron chi connectivity index (χ3n) is 4.27. The Morgan fingerprint density at radius 2 is 2.05 bits per heavy atom. The van der Waals surface area contributed by atoms with Gasteiger partial charge in [-0.05, 0) is 18.6 Å². The maximum Gasteiger partial charge on any atom is 0.110 e. The van der Waals surface area contributed by atoms with Gasteiger partial charge in [0.1, 0.15) is 5.54 Å². The average Bonchev–Trinajstić information content (AvgIpc) is 2.91. The van der Waals surface area contributed by atoms with Gasteiger partial charge < -0.3 is 10.3 Å². The van der Waals surface area contributed by atoms with Gasteiger partial charge in [0, 0.05) is 49.7 Å². The van der Waals surface area contributed by atoms with E-state index in [1.54, 1.807) is 0 Å². The molecular formula is C16H20N4. The van der Waals surface area contributed by atoms with Gasteiger partial charge in [-0.15, -0.1) is 0 Å². The van der Waals surface area contributed by atoms with Crippen molar-refractivity contribution in [2.24, 2.45) is 0 Å². The Balaban J connectivity index is 1.89. The molecule has 2 aromatic rings. The van der Waals surface area contributed by atoms with Crippen molar-refractivity contribution in [1.82, 2.24) is 15.2 Å². The number of nitriles is 1. The number of H-pyrrole nitrogens is 1. The number of fused-ring (bicyclic) bond motifs is 1. The predicted octanol–water partition coefficient (Wildman–Crippen LogP) is 1.90. The van der Waals surface area contributed by atoms with E-state index < -0.39 is 5.54 Å². The summed E-state index contributed by atoms with van der Waals surface area (Å²) in [5.74, 6) is 0. The first-order chi connectivity index (χ1) is 9.73. The van der Waals surface area contributed by atoms with E-state index >= 15 is 0 Å². The summed E-state index contributed by atoms with van der Waals surface area (Å²) in [6, 6.07) is 10.8. The van der Waals surface area contributed by atoms with Crippen LogP contribution in [0.25, 0.3) is 10.9 Å². The van der Waals surface area contributed by atoms with Crippen molar-refractivity contribution < 1.29 is 0 Å². The molecule has 1 aliphatic heterocycles. The zero-order valence-corrected chi connectivity index (χ0v) is 11.8. The molecule has 0 saturated carbocycles. The molecule has 2 N–H and O–H groups in total. The highest BCUT2D eigenvalue weighted by atomic mass is 15.2. The molecule has 0 amide bonds. The summed E-state index contributed by atoms with van der Waals surface area (Å²) in [6.07, 6.45) is 2.80. The van der Waals surface area contributed by atoms with E-state index in [1.807, 2.05) is 18.3 Å². The zero-order valence-electron chi connectivity index (χ0n) is 11.8. The minimum atomic E-state index is -0.437. The van der Waals surface area contributed by atoms with Crippen LogP contribution in [0.3, 0.4) is 0 Å². The third-order valence-corrected chi connectivity index (χ3v) is 4.27. The highest BCUT2D eigenvalue weighted by molar-refractivity contribution is 5.83. The summed E-state index contributed by atoms with van der Waals surface area (Å²) in [5, 5.41) is 14.3. The smallest absolute Gasteiger partial charge is 0.110 e. The monoisotopic (exact) mass is 268 g/mol. The van der Waals surface area contributed by atoms with E-state index in [9.17, 15) is 5.26 Å². The van der Waals surface area contributed by atoms with Crippen LogP contribution >= 0.6 is 0 Å². The fourth-order valence-electron chi connectivity index (χ4n) is 3.03. The Morgan fingerprint density at radius 3 is 2.80 bits per heavy atom. The molecule has 4 nitrogen and oxygen atoms in total.